The zero-order chi connectivity index (χ0) is 24.4. The van der Waals surface area contributed by atoms with E-state index in [1.165, 1.54) is 17.4 Å². The van der Waals surface area contributed by atoms with E-state index < -0.39 is 0 Å². The smallest absolute Gasteiger partial charge is 0.255 e. The molecule has 1 fully saturated rings. The summed E-state index contributed by atoms with van der Waals surface area (Å²) in [7, 11) is 2.15. The monoisotopic (exact) mass is 487 g/mol. The van der Waals surface area contributed by atoms with Crippen LogP contribution in [0.4, 0.5) is 11.4 Å². The number of hydrogen-bond acceptors (Lipinski definition) is 7. The van der Waals surface area contributed by atoms with Crippen molar-refractivity contribution in [2.45, 2.75) is 24.8 Å². The number of nitrogens with zero attached hydrogens (tertiary/aromatic N) is 6. The Labute approximate surface area is 209 Å². The lowest BCUT2D eigenvalue weighted by atomic mass is 10.1. The molecule has 35 heavy (non-hydrogen) atoms. The molecule has 1 aliphatic heterocycles. The van der Waals surface area contributed by atoms with E-state index in [9.17, 15) is 4.79 Å². The summed E-state index contributed by atoms with van der Waals surface area (Å²) in [6.07, 6.45) is 0. The Morgan fingerprint density at radius 3 is 2.51 bits per heavy atom. The van der Waals surface area contributed by atoms with Gasteiger partial charge in [-0.05, 0) is 62.9 Å². The van der Waals surface area contributed by atoms with Crippen molar-refractivity contribution in [3.63, 3.8) is 0 Å². The van der Waals surface area contributed by atoms with Crippen molar-refractivity contribution in [3.8, 4) is 0 Å². The summed E-state index contributed by atoms with van der Waals surface area (Å²) in [5.41, 5.74) is 5.46. The summed E-state index contributed by atoms with van der Waals surface area (Å²) in [5.74, 6) is 1.06. The normalized spacial score (nSPS) is 14.4. The Hall–Kier alpha value is -3.43. The fourth-order valence-corrected chi connectivity index (χ4v) is 5.06. The SMILES string of the molecule is Cc1cc(C)n2nc(SCc3ccccc3C(=O)Nc3ccc(N4CCN(C)CC4)cc3)nc2n1. The molecule has 0 radical (unpaired) electrons. The third-order valence-corrected chi connectivity index (χ3v) is 7.10. The van der Waals surface area contributed by atoms with Gasteiger partial charge in [-0.1, -0.05) is 30.0 Å². The molecule has 1 amide bonds. The molecular weight excluding hydrogens is 458 g/mol. The Balaban J connectivity index is 1.25. The lowest BCUT2D eigenvalue weighted by molar-refractivity contribution is 0.102. The molecule has 0 saturated carbocycles. The number of hydrogen-bond donors (Lipinski definition) is 1. The van der Waals surface area contributed by atoms with Gasteiger partial charge in [0.15, 0.2) is 0 Å². The average molecular weight is 488 g/mol. The van der Waals surface area contributed by atoms with E-state index in [0.29, 0.717) is 22.3 Å². The number of aromatic nitrogens is 4. The van der Waals surface area contributed by atoms with Crippen molar-refractivity contribution in [3.05, 3.63) is 77.1 Å². The van der Waals surface area contributed by atoms with Crippen LogP contribution in [-0.2, 0) is 5.75 Å². The topological polar surface area (TPSA) is 78.7 Å². The first-order valence-electron chi connectivity index (χ1n) is 11.7. The van der Waals surface area contributed by atoms with Crippen LogP contribution in [0.3, 0.4) is 0 Å². The minimum atomic E-state index is -0.121. The van der Waals surface area contributed by atoms with E-state index in [1.807, 2.05) is 56.3 Å². The summed E-state index contributed by atoms with van der Waals surface area (Å²) in [5, 5.41) is 8.25. The van der Waals surface area contributed by atoms with Gasteiger partial charge in [0.05, 0.1) is 0 Å². The zero-order valence-corrected chi connectivity index (χ0v) is 21.0. The predicted octanol–water partition coefficient (Wildman–Crippen LogP) is 4.04. The Morgan fingerprint density at radius 2 is 1.74 bits per heavy atom. The molecule has 4 aromatic rings. The Morgan fingerprint density at radius 1 is 1.00 bits per heavy atom. The quantitative estimate of drug-likeness (QED) is 0.411. The molecule has 2 aromatic heterocycles. The van der Waals surface area contributed by atoms with Crippen molar-refractivity contribution >= 4 is 34.8 Å². The third kappa shape index (κ3) is 5.31. The number of nitrogens with one attached hydrogen (secondary N) is 1. The van der Waals surface area contributed by atoms with Crippen molar-refractivity contribution < 1.29 is 4.79 Å². The van der Waals surface area contributed by atoms with Gasteiger partial charge in [0, 0.05) is 60.3 Å². The fourth-order valence-electron chi connectivity index (χ4n) is 4.24. The number of likely N-dealkylation sites (N-methyl/N-ethyl adjacent to an activating group) is 1. The minimum Gasteiger partial charge on any atom is -0.369 e. The van der Waals surface area contributed by atoms with Crippen LogP contribution in [-0.4, -0.2) is 63.6 Å². The Bertz CT molecular complexity index is 1340. The number of benzene rings is 2. The van der Waals surface area contributed by atoms with Gasteiger partial charge in [-0.2, -0.15) is 4.98 Å². The third-order valence-electron chi connectivity index (χ3n) is 6.21. The molecule has 0 aliphatic carbocycles. The summed E-state index contributed by atoms with van der Waals surface area (Å²) in [4.78, 5) is 26.8. The Kier molecular flexibility index (Phi) is 6.70. The summed E-state index contributed by atoms with van der Waals surface area (Å²) < 4.78 is 1.75. The highest BCUT2D eigenvalue weighted by atomic mass is 32.2. The molecule has 180 valence electrons. The molecule has 0 bridgehead atoms. The van der Waals surface area contributed by atoms with Crippen molar-refractivity contribution in [1.82, 2.24) is 24.5 Å². The van der Waals surface area contributed by atoms with Gasteiger partial charge in [-0.25, -0.2) is 9.50 Å². The van der Waals surface area contributed by atoms with E-state index in [0.717, 1.165) is 48.8 Å². The molecule has 1 saturated heterocycles. The second kappa shape index (κ2) is 10.1. The number of thioether (sulfide) groups is 1. The van der Waals surface area contributed by atoms with Crippen molar-refractivity contribution in [1.29, 1.82) is 0 Å². The van der Waals surface area contributed by atoms with Crippen LogP contribution < -0.4 is 10.2 Å². The van der Waals surface area contributed by atoms with E-state index in [1.54, 1.807) is 4.52 Å². The van der Waals surface area contributed by atoms with Crippen LogP contribution in [0.15, 0.2) is 59.8 Å². The molecule has 2 aromatic carbocycles. The van der Waals surface area contributed by atoms with Gasteiger partial charge in [0.25, 0.3) is 11.7 Å². The van der Waals surface area contributed by atoms with Gasteiger partial charge in [-0.15, -0.1) is 5.10 Å². The summed E-state index contributed by atoms with van der Waals surface area (Å²) >= 11 is 1.50. The first-order valence-corrected chi connectivity index (χ1v) is 12.7. The maximum absolute atomic E-state index is 13.1. The lowest BCUT2D eigenvalue weighted by Gasteiger charge is -2.34. The van der Waals surface area contributed by atoms with Gasteiger partial charge < -0.3 is 15.1 Å². The molecule has 1 aliphatic rings. The van der Waals surface area contributed by atoms with Gasteiger partial charge in [0.2, 0.25) is 5.16 Å². The van der Waals surface area contributed by atoms with Crippen LogP contribution in [0, 0.1) is 13.8 Å². The maximum Gasteiger partial charge on any atom is 0.255 e. The van der Waals surface area contributed by atoms with Crippen LogP contribution in [0.2, 0.25) is 0 Å². The van der Waals surface area contributed by atoms with Crippen LogP contribution >= 0.6 is 11.8 Å². The number of piperazine rings is 1. The van der Waals surface area contributed by atoms with E-state index in [2.05, 4.69) is 49.4 Å². The summed E-state index contributed by atoms with van der Waals surface area (Å²) in [6, 6.07) is 17.8. The average Bonchev–Trinajstić information content (AvgIpc) is 3.27. The first-order chi connectivity index (χ1) is 17.0. The predicted molar refractivity (Wildman–Crippen MR) is 140 cm³/mol. The van der Waals surface area contributed by atoms with Gasteiger partial charge in [-0.3, -0.25) is 4.79 Å². The number of rotatable bonds is 6. The summed E-state index contributed by atoms with van der Waals surface area (Å²) in [6.45, 7) is 8.10. The second-order valence-electron chi connectivity index (χ2n) is 8.88. The number of anilines is 2. The fraction of sp³-hybridized carbons (Fsp3) is 0.308. The first kappa shape index (κ1) is 23.3. The highest BCUT2D eigenvalue weighted by Gasteiger charge is 2.16. The van der Waals surface area contributed by atoms with Crippen molar-refractivity contribution in [2.75, 3.05) is 43.4 Å². The van der Waals surface area contributed by atoms with Gasteiger partial charge >= 0.3 is 0 Å². The van der Waals surface area contributed by atoms with Crippen LogP contribution in [0.5, 0.6) is 0 Å². The number of carbonyl (C=O) groups excluding carboxylic acids is 1. The van der Waals surface area contributed by atoms with Gasteiger partial charge in [0.1, 0.15) is 0 Å². The molecule has 9 heteroatoms. The molecule has 5 rings (SSSR count). The number of aryl methyl sites for hydroxylation is 2. The number of amides is 1. The molecule has 3 heterocycles. The van der Waals surface area contributed by atoms with E-state index in [4.69, 9.17) is 0 Å². The number of carbonyl (C=O) groups is 1. The van der Waals surface area contributed by atoms with Crippen molar-refractivity contribution in [2.24, 2.45) is 0 Å². The van der Waals surface area contributed by atoms with Crippen LogP contribution in [0.25, 0.3) is 5.78 Å². The molecule has 1 N–H and O–H groups in total. The van der Waals surface area contributed by atoms with E-state index >= 15 is 0 Å². The minimum absolute atomic E-state index is 0.121. The molecule has 0 unspecified atom stereocenters. The highest BCUT2D eigenvalue weighted by molar-refractivity contribution is 7.98. The lowest BCUT2D eigenvalue weighted by Crippen LogP contribution is -2.44. The molecule has 0 atom stereocenters. The number of fused-ring (bicyclic) bond motifs is 1. The second-order valence-corrected chi connectivity index (χ2v) is 9.82. The van der Waals surface area contributed by atoms with Crippen LogP contribution in [0.1, 0.15) is 27.3 Å². The molecular formula is C26H29N7OS. The van der Waals surface area contributed by atoms with E-state index in [-0.39, 0.29) is 5.91 Å². The largest absolute Gasteiger partial charge is 0.369 e. The maximum atomic E-state index is 13.1. The highest BCUT2D eigenvalue weighted by Crippen LogP contribution is 2.24. The molecule has 8 nitrogen and oxygen atoms in total. The standard InChI is InChI=1S/C26H29N7OS/c1-18-16-19(2)33-25(27-18)29-26(30-33)35-17-20-6-4-5-7-23(20)24(34)28-21-8-10-22(11-9-21)32-14-12-31(3)13-15-32/h4-11,16H,12-15,17H2,1-3H3,(H,28,34). The zero-order valence-electron chi connectivity index (χ0n) is 20.2. The molecule has 0 spiro atoms.